The molecule has 6 nitrogen and oxygen atoms in total. The SMILES string of the molecule is Cc1ccc(-n2c(C)nnc2SCCCC(=O)N2CCN(c3cccc(C(F)(F)F)c3)CC2)cc1. The van der Waals surface area contributed by atoms with E-state index in [1.807, 2.05) is 35.4 Å². The zero-order valence-corrected chi connectivity index (χ0v) is 20.6. The molecule has 186 valence electrons. The van der Waals surface area contributed by atoms with Crippen LogP contribution in [0.2, 0.25) is 0 Å². The summed E-state index contributed by atoms with van der Waals surface area (Å²) in [6.07, 6.45) is -3.23. The second-order valence-corrected chi connectivity index (χ2v) is 9.63. The minimum Gasteiger partial charge on any atom is -0.368 e. The molecule has 1 saturated heterocycles. The number of piperazine rings is 1. The van der Waals surface area contributed by atoms with Crippen molar-refractivity contribution in [3.63, 3.8) is 0 Å². The Morgan fingerprint density at radius 1 is 0.971 bits per heavy atom. The Bertz CT molecular complexity index is 1150. The van der Waals surface area contributed by atoms with E-state index >= 15 is 0 Å². The number of hydrogen-bond acceptors (Lipinski definition) is 5. The number of rotatable bonds is 7. The number of benzene rings is 2. The Balaban J connectivity index is 1.24. The molecule has 1 aliphatic rings. The average Bonchev–Trinajstić information content (AvgIpc) is 3.22. The second-order valence-electron chi connectivity index (χ2n) is 8.57. The van der Waals surface area contributed by atoms with Crippen LogP contribution in [0.4, 0.5) is 18.9 Å². The van der Waals surface area contributed by atoms with Crippen LogP contribution in [0, 0.1) is 13.8 Å². The van der Waals surface area contributed by atoms with Crippen molar-refractivity contribution in [1.29, 1.82) is 0 Å². The van der Waals surface area contributed by atoms with Crippen molar-refractivity contribution in [2.75, 3.05) is 36.8 Å². The number of aryl methyl sites for hydroxylation is 2. The molecule has 35 heavy (non-hydrogen) atoms. The molecule has 0 bridgehead atoms. The number of hydrogen-bond donors (Lipinski definition) is 0. The van der Waals surface area contributed by atoms with Crippen molar-refractivity contribution < 1.29 is 18.0 Å². The van der Waals surface area contributed by atoms with Crippen molar-refractivity contribution in [2.45, 2.75) is 38.0 Å². The fourth-order valence-corrected chi connectivity index (χ4v) is 5.00. The Kier molecular flexibility index (Phi) is 7.69. The molecule has 0 radical (unpaired) electrons. The van der Waals surface area contributed by atoms with Gasteiger partial charge in [0.15, 0.2) is 5.16 Å². The molecule has 10 heteroatoms. The summed E-state index contributed by atoms with van der Waals surface area (Å²) >= 11 is 1.57. The van der Waals surface area contributed by atoms with Gasteiger partial charge in [0.25, 0.3) is 0 Å². The van der Waals surface area contributed by atoms with Crippen LogP contribution in [0.3, 0.4) is 0 Å². The summed E-state index contributed by atoms with van der Waals surface area (Å²) in [5, 5.41) is 9.29. The van der Waals surface area contributed by atoms with Crippen molar-refractivity contribution in [1.82, 2.24) is 19.7 Å². The number of carbonyl (C=O) groups is 1. The molecule has 0 aliphatic carbocycles. The number of halogens is 3. The highest BCUT2D eigenvalue weighted by Crippen LogP contribution is 2.32. The van der Waals surface area contributed by atoms with Crippen molar-refractivity contribution in [3.05, 3.63) is 65.5 Å². The van der Waals surface area contributed by atoms with E-state index in [-0.39, 0.29) is 5.91 Å². The first kappa shape index (κ1) is 25.1. The van der Waals surface area contributed by atoms with E-state index in [1.165, 1.54) is 17.7 Å². The van der Waals surface area contributed by atoms with Crippen LogP contribution < -0.4 is 4.90 Å². The third-order valence-corrected chi connectivity index (χ3v) is 7.04. The minimum absolute atomic E-state index is 0.0745. The molecule has 1 aromatic heterocycles. The fourth-order valence-electron chi connectivity index (χ4n) is 4.07. The molecular formula is C25H28F3N5OS. The predicted octanol–water partition coefficient (Wildman–Crippen LogP) is 5.12. The van der Waals surface area contributed by atoms with Gasteiger partial charge in [-0.1, -0.05) is 35.5 Å². The Hall–Kier alpha value is -3.01. The number of amides is 1. The molecular weight excluding hydrogens is 475 g/mol. The van der Waals surface area contributed by atoms with E-state index in [2.05, 4.69) is 22.3 Å². The van der Waals surface area contributed by atoms with Crippen molar-refractivity contribution in [3.8, 4) is 5.69 Å². The minimum atomic E-state index is -4.36. The molecule has 3 aromatic rings. The Morgan fingerprint density at radius 3 is 2.37 bits per heavy atom. The van der Waals surface area contributed by atoms with Gasteiger partial charge in [-0.2, -0.15) is 13.2 Å². The van der Waals surface area contributed by atoms with E-state index in [0.29, 0.717) is 44.7 Å². The lowest BCUT2D eigenvalue weighted by atomic mass is 10.1. The van der Waals surface area contributed by atoms with Gasteiger partial charge in [-0.25, -0.2) is 0 Å². The Morgan fingerprint density at radius 2 is 1.69 bits per heavy atom. The number of alkyl halides is 3. The molecule has 1 fully saturated rings. The van der Waals surface area contributed by atoms with Crippen molar-refractivity contribution >= 4 is 23.4 Å². The van der Waals surface area contributed by atoms with Crippen LogP contribution in [-0.4, -0.2) is 57.5 Å². The highest BCUT2D eigenvalue weighted by Gasteiger charge is 2.31. The molecule has 0 atom stereocenters. The number of aromatic nitrogens is 3. The van der Waals surface area contributed by atoms with Gasteiger partial charge in [-0.05, 0) is 50.6 Å². The van der Waals surface area contributed by atoms with Crippen LogP contribution in [0.25, 0.3) is 5.69 Å². The molecule has 2 aromatic carbocycles. The van der Waals surface area contributed by atoms with E-state index < -0.39 is 11.7 Å². The quantitative estimate of drug-likeness (QED) is 0.331. The standard InChI is InChI=1S/C25H28F3N5OS/c1-18-8-10-21(11-9-18)33-19(2)29-30-24(33)35-16-4-7-23(34)32-14-12-31(13-15-32)22-6-3-5-20(17-22)25(26,27)28/h3,5-6,8-11,17H,4,7,12-16H2,1-2H3. The fraction of sp³-hybridized carbons (Fsp3) is 0.400. The molecule has 2 heterocycles. The van der Waals surface area contributed by atoms with Crippen LogP contribution in [0.5, 0.6) is 0 Å². The van der Waals surface area contributed by atoms with Gasteiger partial charge in [0.05, 0.1) is 5.56 Å². The monoisotopic (exact) mass is 503 g/mol. The molecule has 0 unspecified atom stereocenters. The summed E-state index contributed by atoms with van der Waals surface area (Å²) in [6, 6.07) is 13.5. The van der Waals surface area contributed by atoms with Gasteiger partial charge in [0, 0.05) is 49.7 Å². The first-order chi connectivity index (χ1) is 16.7. The topological polar surface area (TPSA) is 54.3 Å². The first-order valence-electron chi connectivity index (χ1n) is 11.5. The number of nitrogens with zero attached hydrogens (tertiary/aromatic N) is 5. The highest BCUT2D eigenvalue weighted by molar-refractivity contribution is 7.99. The van der Waals surface area contributed by atoms with Crippen molar-refractivity contribution in [2.24, 2.45) is 0 Å². The van der Waals surface area contributed by atoms with Gasteiger partial charge >= 0.3 is 6.18 Å². The van der Waals surface area contributed by atoms with Crippen LogP contribution >= 0.6 is 11.8 Å². The third kappa shape index (κ3) is 6.17. The van der Waals surface area contributed by atoms with Crippen LogP contribution in [0.15, 0.2) is 53.7 Å². The molecule has 1 amide bonds. The highest BCUT2D eigenvalue weighted by atomic mass is 32.2. The zero-order chi connectivity index (χ0) is 25.0. The van der Waals surface area contributed by atoms with Gasteiger partial charge < -0.3 is 9.80 Å². The van der Waals surface area contributed by atoms with Gasteiger partial charge in [-0.15, -0.1) is 10.2 Å². The molecule has 1 aliphatic heterocycles. The lowest BCUT2D eigenvalue weighted by Gasteiger charge is -2.36. The molecule has 0 spiro atoms. The second kappa shape index (κ2) is 10.7. The van der Waals surface area contributed by atoms with Gasteiger partial charge in [0.2, 0.25) is 5.91 Å². The summed E-state index contributed by atoms with van der Waals surface area (Å²) in [5.74, 6) is 1.62. The zero-order valence-electron chi connectivity index (χ0n) is 19.8. The maximum Gasteiger partial charge on any atom is 0.416 e. The van der Waals surface area contributed by atoms with Crippen LogP contribution in [0.1, 0.15) is 29.8 Å². The third-order valence-electron chi connectivity index (χ3n) is 6.02. The van der Waals surface area contributed by atoms with Crippen LogP contribution in [-0.2, 0) is 11.0 Å². The first-order valence-corrected chi connectivity index (χ1v) is 12.5. The summed E-state index contributed by atoms with van der Waals surface area (Å²) in [6.45, 7) is 5.99. The van der Waals surface area contributed by atoms with E-state index in [1.54, 1.807) is 22.7 Å². The number of anilines is 1. The Labute approximate surface area is 207 Å². The van der Waals surface area contributed by atoms with Gasteiger partial charge in [0.1, 0.15) is 5.82 Å². The normalized spacial score (nSPS) is 14.4. The average molecular weight is 504 g/mol. The van der Waals surface area contributed by atoms with E-state index in [9.17, 15) is 18.0 Å². The largest absolute Gasteiger partial charge is 0.416 e. The molecule has 4 rings (SSSR count). The predicted molar refractivity (Wildman–Crippen MR) is 131 cm³/mol. The van der Waals surface area contributed by atoms with E-state index in [0.717, 1.165) is 28.5 Å². The summed E-state index contributed by atoms with van der Waals surface area (Å²) in [4.78, 5) is 16.4. The number of thioether (sulfide) groups is 1. The maximum absolute atomic E-state index is 13.0. The smallest absolute Gasteiger partial charge is 0.368 e. The summed E-state index contributed by atoms with van der Waals surface area (Å²) in [7, 11) is 0. The van der Waals surface area contributed by atoms with E-state index in [4.69, 9.17) is 0 Å². The lowest BCUT2D eigenvalue weighted by molar-refractivity contribution is -0.137. The number of carbonyl (C=O) groups excluding carboxylic acids is 1. The van der Waals surface area contributed by atoms with Gasteiger partial charge in [-0.3, -0.25) is 9.36 Å². The summed E-state index contributed by atoms with van der Waals surface area (Å²) < 4.78 is 41.0. The summed E-state index contributed by atoms with van der Waals surface area (Å²) in [5.41, 5.74) is 2.08. The maximum atomic E-state index is 13.0. The molecule has 0 saturated carbocycles. The molecule has 0 N–H and O–H groups in total. The lowest BCUT2D eigenvalue weighted by Crippen LogP contribution is -2.48.